The lowest BCUT2D eigenvalue weighted by Gasteiger charge is -2.13. The molecule has 2 rings (SSSR count). The van der Waals surface area contributed by atoms with Gasteiger partial charge in [0.15, 0.2) is 0 Å². The molecule has 0 amide bonds. The summed E-state index contributed by atoms with van der Waals surface area (Å²) >= 11 is 0. The van der Waals surface area contributed by atoms with Crippen LogP contribution in [0.3, 0.4) is 0 Å². The van der Waals surface area contributed by atoms with Gasteiger partial charge in [0, 0.05) is 0 Å². The number of hydrogen-bond acceptors (Lipinski definition) is 3. The van der Waals surface area contributed by atoms with Crippen LogP contribution >= 0.6 is 0 Å². The zero-order valence-corrected chi connectivity index (χ0v) is 9.79. The highest BCUT2D eigenvalue weighted by atomic mass is 16.5. The van der Waals surface area contributed by atoms with E-state index >= 15 is 0 Å². The zero-order chi connectivity index (χ0) is 11.5. The van der Waals surface area contributed by atoms with Crippen LogP contribution in [0.25, 0.3) is 0 Å². The van der Waals surface area contributed by atoms with Gasteiger partial charge in [-0.2, -0.15) is 0 Å². The molecule has 1 aromatic rings. The van der Waals surface area contributed by atoms with Crippen LogP contribution in [0.2, 0.25) is 0 Å². The molecule has 1 aromatic carbocycles. The maximum atomic E-state index is 5.57. The average Bonchev–Trinajstić information content (AvgIpc) is 2.72. The molecule has 3 N–H and O–H groups in total. The second kappa shape index (κ2) is 4.78. The summed E-state index contributed by atoms with van der Waals surface area (Å²) in [5.74, 6) is 5.57. The largest absolute Gasteiger partial charge is 0.372 e. The highest BCUT2D eigenvalue weighted by molar-refractivity contribution is 5.36. The molecule has 1 aliphatic rings. The van der Waals surface area contributed by atoms with Gasteiger partial charge in [-0.05, 0) is 30.5 Å². The Balaban J connectivity index is 2.29. The SMILES string of the molecule is CC(C)=CC(NN)c1ccc2c(c1)COC2. The van der Waals surface area contributed by atoms with Gasteiger partial charge < -0.3 is 4.74 Å². The Labute approximate surface area is 96.3 Å². The minimum absolute atomic E-state index is 0.0795. The van der Waals surface area contributed by atoms with Gasteiger partial charge in [0.2, 0.25) is 0 Å². The van der Waals surface area contributed by atoms with Crippen LogP contribution in [0, 0.1) is 0 Å². The van der Waals surface area contributed by atoms with Gasteiger partial charge in [-0.3, -0.25) is 5.84 Å². The predicted octanol–water partition coefficient (Wildman–Crippen LogP) is 2.19. The monoisotopic (exact) mass is 218 g/mol. The highest BCUT2D eigenvalue weighted by Crippen LogP contribution is 2.24. The van der Waals surface area contributed by atoms with Crippen molar-refractivity contribution in [3.8, 4) is 0 Å². The Hall–Kier alpha value is -1.16. The third-order valence-corrected chi connectivity index (χ3v) is 2.78. The molecule has 1 atom stereocenters. The van der Waals surface area contributed by atoms with Crippen LogP contribution in [-0.2, 0) is 18.0 Å². The van der Waals surface area contributed by atoms with Gasteiger partial charge in [0.05, 0.1) is 19.3 Å². The van der Waals surface area contributed by atoms with E-state index in [1.807, 2.05) is 0 Å². The summed E-state index contributed by atoms with van der Waals surface area (Å²) in [4.78, 5) is 0. The average molecular weight is 218 g/mol. The number of hydrazine groups is 1. The Bertz CT molecular complexity index is 408. The molecule has 3 heteroatoms. The van der Waals surface area contributed by atoms with Crippen molar-refractivity contribution < 1.29 is 4.74 Å². The summed E-state index contributed by atoms with van der Waals surface area (Å²) in [5.41, 5.74) is 7.83. The zero-order valence-electron chi connectivity index (χ0n) is 9.79. The maximum Gasteiger partial charge on any atom is 0.0725 e. The maximum absolute atomic E-state index is 5.57. The molecular weight excluding hydrogens is 200 g/mol. The van der Waals surface area contributed by atoms with Crippen molar-refractivity contribution >= 4 is 0 Å². The molecule has 0 saturated heterocycles. The smallest absolute Gasteiger partial charge is 0.0725 e. The first-order valence-corrected chi connectivity index (χ1v) is 5.51. The van der Waals surface area contributed by atoms with Crippen LogP contribution in [0.15, 0.2) is 29.8 Å². The van der Waals surface area contributed by atoms with Crippen molar-refractivity contribution in [2.24, 2.45) is 5.84 Å². The molecule has 16 heavy (non-hydrogen) atoms. The quantitative estimate of drug-likeness (QED) is 0.464. The lowest BCUT2D eigenvalue weighted by molar-refractivity contribution is 0.134. The third kappa shape index (κ3) is 2.32. The summed E-state index contributed by atoms with van der Waals surface area (Å²) in [7, 11) is 0. The van der Waals surface area contributed by atoms with Gasteiger partial charge >= 0.3 is 0 Å². The van der Waals surface area contributed by atoms with E-state index in [1.54, 1.807) is 0 Å². The molecule has 0 bridgehead atoms. The first-order chi connectivity index (χ1) is 7.70. The molecular formula is C13H18N2O. The number of allylic oxidation sites excluding steroid dienone is 1. The normalized spacial score (nSPS) is 15.7. The summed E-state index contributed by atoms with van der Waals surface area (Å²) < 4.78 is 5.40. The molecule has 0 spiro atoms. The number of hydrogen-bond donors (Lipinski definition) is 2. The second-order valence-electron chi connectivity index (χ2n) is 4.41. The van der Waals surface area contributed by atoms with Crippen molar-refractivity contribution in [3.63, 3.8) is 0 Å². The number of nitrogens with two attached hydrogens (primary N) is 1. The summed E-state index contributed by atoms with van der Waals surface area (Å²) in [6, 6.07) is 6.49. The van der Waals surface area contributed by atoms with Crippen LogP contribution in [0.5, 0.6) is 0 Å². The van der Waals surface area contributed by atoms with Crippen molar-refractivity contribution in [1.29, 1.82) is 0 Å². The molecule has 3 nitrogen and oxygen atoms in total. The lowest BCUT2D eigenvalue weighted by atomic mass is 10.0. The third-order valence-electron chi connectivity index (χ3n) is 2.78. The minimum Gasteiger partial charge on any atom is -0.372 e. The van der Waals surface area contributed by atoms with Crippen molar-refractivity contribution in [1.82, 2.24) is 5.43 Å². The van der Waals surface area contributed by atoms with Crippen molar-refractivity contribution in [2.75, 3.05) is 0 Å². The van der Waals surface area contributed by atoms with Crippen LogP contribution < -0.4 is 11.3 Å². The van der Waals surface area contributed by atoms with Gasteiger partial charge in [0.25, 0.3) is 0 Å². The van der Waals surface area contributed by atoms with Crippen molar-refractivity contribution in [2.45, 2.75) is 33.1 Å². The lowest BCUT2D eigenvalue weighted by Crippen LogP contribution is -2.26. The molecule has 1 heterocycles. The van der Waals surface area contributed by atoms with Crippen LogP contribution in [0.1, 0.15) is 36.6 Å². The Kier molecular flexibility index (Phi) is 3.39. The Morgan fingerprint density at radius 2 is 2.12 bits per heavy atom. The van der Waals surface area contributed by atoms with E-state index in [0.717, 1.165) is 13.2 Å². The van der Waals surface area contributed by atoms with Gasteiger partial charge in [-0.15, -0.1) is 0 Å². The van der Waals surface area contributed by atoms with Gasteiger partial charge in [0.1, 0.15) is 0 Å². The topological polar surface area (TPSA) is 47.3 Å². The predicted molar refractivity (Wildman–Crippen MR) is 64.4 cm³/mol. The fraction of sp³-hybridized carbons (Fsp3) is 0.385. The van der Waals surface area contributed by atoms with Crippen LogP contribution in [-0.4, -0.2) is 0 Å². The van der Waals surface area contributed by atoms with Gasteiger partial charge in [-0.25, -0.2) is 5.43 Å². The van der Waals surface area contributed by atoms with E-state index in [4.69, 9.17) is 10.6 Å². The van der Waals surface area contributed by atoms with Crippen molar-refractivity contribution in [3.05, 3.63) is 46.5 Å². The fourth-order valence-corrected chi connectivity index (χ4v) is 1.96. The highest BCUT2D eigenvalue weighted by Gasteiger charge is 2.14. The molecule has 86 valence electrons. The minimum atomic E-state index is 0.0795. The first kappa shape index (κ1) is 11.3. The van der Waals surface area contributed by atoms with Gasteiger partial charge in [-0.1, -0.05) is 29.8 Å². The fourth-order valence-electron chi connectivity index (χ4n) is 1.96. The van der Waals surface area contributed by atoms with E-state index in [9.17, 15) is 0 Å². The Morgan fingerprint density at radius 3 is 2.81 bits per heavy atom. The molecule has 0 fully saturated rings. The van der Waals surface area contributed by atoms with E-state index in [2.05, 4.69) is 43.5 Å². The van der Waals surface area contributed by atoms with E-state index in [-0.39, 0.29) is 6.04 Å². The number of fused-ring (bicyclic) bond motifs is 1. The van der Waals surface area contributed by atoms with Crippen LogP contribution in [0.4, 0.5) is 0 Å². The first-order valence-electron chi connectivity index (χ1n) is 5.51. The Morgan fingerprint density at radius 1 is 1.38 bits per heavy atom. The number of rotatable bonds is 3. The number of benzene rings is 1. The second-order valence-corrected chi connectivity index (χ2v) is 4.41. The van der Waals surface area contributed by atoms with E-state index < -0.39 is 0 Å². The molecule has 0 aromatic heterocycles. The summed E-state index contributed by atoms with van der Waals surface area (Å²) in [5, 5.41) is 0. The summed E-state index contributed by atoms with van der Waals surface area (Å²) in [6.07, 6.45) is 2.12. The van der Waals surface area contributed by atoms with E-state index in [1.165, 1.54) is 22.3 Å². The number of nitrogens with one attached hydrogen (secondary N) is 1. The van der Waals surface area contributed by atoms with E-state index in [0.29, 0.717) is 0 Å². The molecule has 0 aliphatic carbocycles. The standard InChI is InChI=1S/C13H18N2O/c1-9(2)5-13(15-14)10-3-4-11-7-16-8-12(11)6-10/h3-6,13,15H,7-8,14H2,1-2H3. The summed E-state index contributed by atoms with van der Waals surface area (Å²) in [6.45, 7) is 5.59. The number of ether oxygens (including phenoxy) is 1. The molecule has 0 radical (unpaired) electrons. The molecule has 1 aliphatic heterocycles. The molecule has 0 saturated carbocycles. The molecule has 1 unspecified atom stereocenters.